The molecule has 0 saturated carbocycles. The summed E-state index contributed by atoms with van der Waals surface area (Å²) in [6, 6.07) is 5.24. The minimum absolute atomic E-state index is 0.114. The Bertz CT molecular complexity index is 446. The Balaban J connectivity index is 0.00000106. The third-order valence-electron chi connectivity index (χ3n) is 2.60. The zero-order valence-corrected chi connectivity index (χ0v) is 12.8. The number of hydrogen-bond acceptors (Lipinski definition) is 7. The SMILES string of the molecule is O=C1Cc2cccc(n2)CC(=O)OCCNCCO1.[O]=[V]. The Morgan fingerprint density at radius 1 is 0.952 bits per heavy atom. The number of carbonyl (C=O) groups excluding carboxylic acids is 2. The van der Waals surface area contributed by atoms with Crippen molar-refractivity contribution in [2.75, 3.05) is 26.3 Å². The van der Waals surface area contributed by atoms with E-state index >= 15 is 0 Å². The molecule has 0 spiro atoms. The van der Waals surface area contributed by atoms with Crippen molar-refractivity contribution in [2.24, 2.45) is 0 Å². The average Bonchev–Trinajstić information content (AvgIpc) is 2.48. The van der Waals surface area contributed by atoms with Crippen molar-refractivity contribution < 1.29 is 40.1 Å². The topological polar surface area (TPSA) is 94.6 Å². The second-order valence-electron chi connectivity index (χ2n) is 4.16. The van der Waals surface area contributed by atoms with Gasteiger partial charge in [0.05, 0.1) is 24.2 Å². The molecule has 1 aliphatic rings. The van der Waals surface area contributed by atoms with E-state index in [1.807, 2.05) is 0 Å². The summed E-state index contributed by atoms with van der Waals surface area (Å²) in [5.74, 6) is -0.628. The van der Waals surface area contributed by atoms with E-state index in [4.69, 9.17) is 13.1 Å². The molecule has 0 aromatic carbocycles. The van der Waals surface area contributed by atoms with Crippen LogP contribution in [-0.4, -0.2) is 43.2 Å². The van der Waals surface area contributed by atoms with Crippen LogP contribution in [0.25, 0.3) is 0 Å². The molecule has 113 valence electrons. The molecular formula is C13H16N2O5V. The van der Waals surface area contributed by atoms with Crippen LogP contribution in [-0.2, 0) is 52.9 Å². The number of pyridine rings is 1. The van der Waals surface area contributed by atoms with Crippen LogP contribution in [0.1, 0.15) is 11.4 Å². The van der Waals surface area contributed by atoms with Gasteiger partial charge in [0.1, 0.15) is 13.2 Å². The van der Waals surface area contributed by atoms with Gasteiger partial charge >= 0.3 is 33.0 Å². The molecule has 2 heterocycles. The summed E-state index contributed by atoms with van der Waals surface area (Å²) in [5.41, 5.74) is 1.20. The predicted molar refractivity (Wildman–Crippen MR) is 67.1 cm³/mol. The average molecular weight is 331 g/mol. The van der Waals surface area contributed by atoms with Crippen LogP contribution in [0.2, 0.25) is 0 Å². The van der Waals surface area contributed by atoms with Crippen molar-refractivity contribution in [3.63, 3.8) is 0 Å². The standard InChI is InChI=1S/C13H16N2O4.O.V/c16-12-8-10-2-1-3-11(15-10)9-13(17)19-7-5-14-4-6-18-12;;/h1-3,14H,4-9H2;;. The molecule has 0 fully saturated rings. The third-order valence-corrected chi connectivity index (χ3v) is 2.60. The van der Waals surface area contributed by atoms with Gasteiger partial charge < -0.3 is 14.8 Å². The second-order valence-corrected chi connectivity index (χ2v) is 4.16. The summed E-state index contributed by atoms with van der Waals surface area (Å²) < 4.78 is 18.3. The van der Waals surface area contributed by atoms with Gasteiger partial charge in [-0.15, -0.1) is 0 Å². The Hall–Kier alpha value is -1.57. The fourth-order valence-corrected chi connectivity index (χ4v) is 1.72. The monoisotopic (exact) mass is 331 g/mol. The van der Waals surface area contributed by atoms with Crippen LogP contribution >= 0.6 is 0 Å². The third kappa shape index (κ3) is 7.13. The Morgan fingerprint density at radius 3 is 1.90 bits per heavy atom. The molecule has 0 amide bonds. The number of cyclic esters (lactones) is 2. The van der Waals surface area contributed by atoms with Crippen molar-refractivity contribution in [2.45, 2.75) is 12.8 Å². The van der Waals surface area contributed by atoms with E-state index in [9.17, 15) is 9.59 Å². The van der Waals surface area contributed by atoms with E-state index < -0.39 is 0 Å². The first-order valence-corrected chi connectivity index (χ1v) is 6.96. The van der Waals surface area contributed by atoms with Crippen molar-refractivity contribution in [1.82, 2.24) is 10.3 Å². The van der Waals surface area contributed by atoms with E-state index in [1.54, 1.807) is 18.2 Å². The maximum absolute atomic E-state index is 11.5. The molecule has 1 N–H and O–H groups in total. The van der Waals surface area contributed by atoms with Gasteiger partial charge in [-0.2, -0.15) is 0 Å². The van der Waals surface area contributed by atoms with Gasteiger partial charge in [-0.25, -0.2) is 0 Å². The number of fused-ring (bicyclic) bond motifs is 2. The van der Waals surface area contributed by atoms with Crippen molar-refractivity contribution in [3.05, 3.63) is 29.6 Å². The molecule has 1 aromatic rings. The number of esters is 2. The number of hydrogen-bond donors (Lipinski definition) is 1. The summed E-state index contributed by atoms with van der Waals surface area (Å²) in [6.07, 6.45) is 0.228. The summed E-state index contributed by atoms with van der Waals surface area (Å²) in [6.45, 7) is 1.67. The molecule has 0 atom stereocenters. The van der Waals surface area contributed by atoms with E-state index in [2.05, 4.69) is 10.3 Å². The molecule has 0 saturated heterocycles. The van der Waals surface area contributed by atoms with E-state index in [-0.39, 0.29) is 24.8 Å². The number of nitrogens with one attached hydrogen (secondary N) is 1. The number of carbonyl (C=O) groups is 2. The second kappa shape index (κ2) is 10.2. The summed E-state index contributed by atoms with van der Waals surface area (Å²) >= 11 is 1.06. The van der Waals surface area contributed by atoms with Crippen LogP contribution < -0.4 is 5.32 Å². The number of rotatable bonds is 0. The summed E-state index contributed by atoms with van der Waals surface area (Å²) in [5, 5.41) is 3.02. The van der Waals surface area contributed by atoms with Crippen molar-refractivity contribution in [3.8, 4) is 0 Å². The fourth-order valence-electron chi connectivity index (χ4n) is 1.72. The first-order chi connectivity index (χ1) is 10.2. The maximum atomic E-state index is 11.5. The molecule has 2 rings (SSSR count). The summed E-state index contributed by atoms with van der Waals surface area (Å²) in [7, 11) is 0. The predicted octanol–water partition coefficient (Wildman–Crippen LogP) is -0.265. The van der Waals surface area contributed by atoms with Crippen LogP contribution in [0.15, 0.2) is 18.2 Å². The molecule has 2 bridgehead atoms. The van der Waals surface area contributed by atoms with Gasteiger partial charge in [0.2, 0.25) is 0 Å². The van der Waals surface area contributed by atoms with Gasteiger partial charge in [-0.3, -0.25) is 14.6 Å². The molecule has 0 aliphatic carbocycles. The number of nitrogens with zero attached hydrogens (tertiary/aromatic N) is 1. The van der Waals surface area contributed by atoms with Gasteiger partial charge in [0, 0.05) is 13.1 Å². The zero-order chi connectivity index (χ0) is 15.5. The zero-order valence-electron chi connectivity index (χ0n) is 11.4. The van der Waals surface area contributed by atoms with Crippen molar-refractivity contribution >= 4 is 11.9 Å². The van der Waals surface area contributed by atoms with E-state index in [0.717, 1.165) is 17.4 Å². The van der Waals surface area contributed by atoms with Gasteiger partial charge in [-0.05, 0) is 12.1 Å². The van der Waals surface area contributed by atoms with Crippen LogP contribution in [0, 0.1) is 0 Å². The molecule has 0 unspecified atom stereocenters. The van der Waals surface area contributed by atoms with Crippen LogP contribution in [0.4, 0.5) is 0 Å². The molecule has 1 aliphatic heterocycles. The van der Waals surface area contributed by atoms with Gasteiger partial charge in [0.15, 0.2) is 0 Å². The molecule has 0 radical (unpaired) electrons. The first-order valence-electron chi connectivity index (χ1n) is 6.39. The summed E-state index contributed by atoms with van der Waals surface area (Å²) in [4.78, 5) is 27.3. The molecule has 7 nitrogen and oxygen atoms in total. The molecular weight excluding hydrogens is 315 g/mol. The fraction of sp³-hybridized carbons (Fsp3) is 0.462. The van der Waals surface area contributed by atoms with Gasteiger partial charge in [0.25, 0.3) is 0 Å². The van der Waals surface area contributed by atoms with Crippen LogP contribution in [0.5, 0.6) is 0 Å². The Kier molecular flexibility index (Phi) is 8.50. The Labute approximate surface area is 131 Å². The molecule has 21 heavy (non-hydrogen) atoms. The molecule has 1 aromatic heterocycles. The van der Waals surface area contributed by atoms with Crippen LogP contribution in [0.3, 0.4) is 0 Å². The minimum atomic E-state index is -0.314. The van der Waals surface area contributed by atoms with Gasteiger partial charge in [-0.1, -0.05) is 6.07 Å². The number of aromatic nitrogens is 1. The van der Waals surface area contributed by atoms with Crippen molar-refractivity contribution in [1.29, 1.82) is 0 Å². The first kappa shape index (κ1) is 17.5. The number of ether oxygens (including phenoxy) is 2. The Morgan fingerprint density at radius 2 is 1.43 bits per heavy atom. The van der Waals surface area contributed by atoms with E-state index in [1.165, 1.54) is 0 Å². The normalized spacial score (nSPS) is 16.5. The molecule has 8 heteroatoms. The van der Waals surface area contributed by atoms with E-state index in [0.29, 0.717) is 37.7 Å². The quantitative estimate of drug-likeness (QED) is 0.654.